The summed E-state index contributed by atoms with van der Waals surface area (Å²) >= 11 is 0. The van der Waals surface area contributed by atoms with Gasteiger partial charge in [0.2, 0.25) is 0 Å². The van der Waals surface area contributed by atoms with Crippen molar-refractivity contribution < 1.29 is 18.3 Å². The summed E-state index contributed by atoms with van der Waals surface area (Å²) in [7, 11) is 1.70. The molecule has 0 saturated heterocycles. The smallest absolute Gasteiger partial charge is 0.390 e. The third-order valence-corrected chi connectivity index (χ3v) is 3.49. The van der Waals surface area contributed by atoms with Crippen LogP contribution in [0.4, 0.5) is 13.2 Å². The van der Waals surface area contributed by atoms with Crippen molar-refractivity contribution in [1.29, 1.82) is 0 Å². The lowest BCUT2D eigenvalue weighted by Gasteiger charge is -2.25. The normalized spacial score (nSPS) is 19.3. The lowest BCUT2D eigenvalue weighted by molar-refractivity contribution is -0.138. The Morgan fingerprint density at radius 1 is 1.39 bits per heavy atom. The van der Waals surface area contributed by atoms with Gasteiger partial charge in [0.1, 0.15) is 5.75 Å². The minimum Gasteiger partial charge on any atom is -0.508 e. The molecule has 1 N–H and O–H groups in total. The molecule has 5 heteroatoms. The molecule has 1 aromatic rings. The van der Waals surface area contributed by atoms with Gasteiger partial charge in [-0.25, -0.2) is 0 Å². The zero-order chi connectivity index (χ0) is 13.3. The second-order valence-electron chi connectivity index (χ2n) is 4.75. The first-order valence-electron chi connectivity index (χ1n) is 5.96. The van der Waals surface area contributed by atoms with Gasteiger partial charge in [-0.3, -0.25) is 4.90 Å². The second kappa shape index (κ2) is 4.80. The largest absolute Gasteiger partial charge is 0.508 e. The zero-order valence-corrected chi connectivity index (χ0v) is 10.2. The van der Waals surface area contributed by atoms with E-state index in [1.54, 1.807) is 24.1 Å². The van der Waals surface area contributed by atoms with Crippen LogP contribution in [-0.4, -0.2) is 29.8 Å². The number of halogens is 3. The van der Waals surface area contributed by atoms with Crippen molar-refractivity contribution in [1.82, 2.24) is 4.90 Å². The molecule has 18 heavy (non-hydrogen) atoms. The van der Waals surface area contributed by atoms with Crippen LogP contribution in [-0.2, 0) is 6.42 Å². The average molecular weight is 259 g/mol. The van der Waals surface area contributed by atoms with Gasteiger partial charge in [0.05, 0.1) is 6.42 Å². The zero-order valence-electron chi connectivity index (χ0n) is 10.2. The van der Waals surface area contributed by atoms with Gasteiger partial charge in [-0.15, -0.1) is 0 Å². The molecule has 100 valence electrons. The van der Waals surface area contributed by atoms with E-state index in [0.29, 0.717) is 0 Å². The first-order chi connectivity index (χ1) is 8.38. The average Bonchev–Trinajstić information content (AvgIpc) is 2.70. The molecule has 2 rings (SSSR count). The fourth-order valence-corrected chi connectivity index (χ4v) is 2.53. The number of rotatable bonds is 3. The summed E-state index contributed by atoms with van der Waals surface area (Å²) in [6, 6.07) is 5.23. The van der Waals surface area contributed by atoms with Crippen LogP contribution in [0.15, 0.2) is 18.2 Å². The van der Waals surface area contributed by atoms with Crippen LogP contribution in [0.3, 0.4) is 0 Å². The topological polar surface area (TPSA) is 23.5 Å². The first-order valence-corrected chi connectivity index (χ1v) is 5.96. The van der Waals surface area contributed by atoms with Gasteiger partial charge in [0, 0.05) is 12.6 Å². The van der Waals surface area contributed by atoms with Gasteiger partial charge >= 0.3 is 6.18 Å². The SMILES string of the molecule is CN(CCC(F)(F)F)C1CCc2c(O)cccc21. The highest BCUT2D eigenvalue weighted by atomic mass is 19.4. The number of fused-ring (bicyclic) bond motifs is 1. The van der Waals surface area contributed by atoms with Gasteiger partial charge in [0.25, 0.3) is 0 Å². The summed E-state index contributed by atoms with van der Waals surface area (Å²) in [4.78, 5) is 1.72. The number of phenolic OH excluding ortho intramolecular Hbond substituents is 1. The molecule has 0 aliphatic heterocycles. The minimum atomic E-state index is -4.12. The maximum absolute atomic E-state index is 12.2. The van der Waals surface area contributed by atoms with Crippen molar-refractivity contribution in [3.8, 4) is 5.75 Å². The van der Waals surface area contributed by atoms with Crippen molar-refractivity contribution in [3.05, 3.63) is 29.3 Å². The Morgan fingerprint density at radius 2 is 2.11 bits per heavy atom. The van der Waals surface area contributed by atoms with E-state index in [2.05, 4.69) is 0 Å². The van der Waals surface area contributed by atoms with Crippen LogP contribution >= 0.6 is 0 Å². The second-order valence-corrected chi connectivity index (χ2v) is 4.75. The molecule has 0 fully saturated rings. The van der Waals surface area contributed by atoms with Crippen LogP contribution in [0.5, 0.6) is 5.75 Å². The summed E-state index contributed by atoms with van der Waals surface area (Å²) in [6.45, 7) is -0.0107. The third-order valence-electron chi connectivity index (χ3n) is 3.49. The third kappa shape index (κ3) is 2.77. The summed E-state index contributed by atoms with van der Waals surface area (Å²) < 4.78 is 36.6. The quantitative estimate of drug-likeness (QED) is 0.900. The van der Waals surface area contributed by atoms with Crippen molar-refractivity contribution in [3.63, 3.8) is 0 Å². The highest BCUT2D eigenvalue weighted by molar-refractivity contribution is 5.44. The van der Waals surface area contributed by atoms with Gasteiger partial charge in [0.15, 0.2) is 0 Å². The fraction of sp³-hybridized carbons (Fsp3) is 0.538. The van der Waals surface area contributed by atoms with Crippen LogP contribution < -0.4 is 0 Å². The molecule has 1 aliphatic rings. The van der Waals surface area contributed by atoms with Gasteiger partial charge in [-0.1, -0.05) is 12.1 Å². The highest BCUT2D eigenvalue weighted by Gasteiger charge is 2.31. The molecule has 0 heterocycles. The number of alkyl halides is 3. The fourth-order valence-electron chi connectivity index (χ4n) is 2.53. The molecule has 0 radical (unpaired) electrons. The van der Waals surface area contributed by atoms with Crippen LogP contribution in [0.25, 0.3) is 0 Å². The van der Waals surface area contributed by atoms with E-state index in [1.807, 2.05) is 6.07 Å². The van der Waals surface area contributed by atoms with Crippen molar-refractivity contribution in [2.45, 2.75) is 31.5 Å². The lowest BCUT2D eigenvalue weighted by Crippen LogP contribution is -2.27. The Morgan fingerprint density at radius 3 is 2.78 bits per heavy atom. The molecule has 1 aromatic carbocycles. The summed E-state index contributed by atoms with van der Waals surface area (Å²) in [5, 5.41) is 9.69. The summed E-state index contributed by atoms with van der Waals surface area (Å²) in [6.07, 6.45) is -3.42. The Labute approximate surface area is 104 Å². The predicted molar refractivity (Wildman–Crippen MR) is 62.5 cm³/mol. The molecule has 0 saturated carbocycles. The number of hydrogen-bond donors (Lipinski definition) is 1. The van der Waals surface area contributed by atoms with Gasteiger partial charge in [-0.05, 0) is 37.1 Å². The molecule has 1 atom stereocenters. The van der Waals surface area contributed by atoms with E-state index >= 15 is 0 Å². The number of aromatic hydroxyl groups is 1. The summed E-state index contributed by atoms with van der Waals surface area (Å²) in [5.41, 5.74) is 1.83. The summed E-state index contributed by atoms with van der Waals surface area (Å²) in [5.74, 6) is 0.249. The molecule has 1 aliphatic carbocycles. The molecular weight excluding hydrogens is 243 g/mol. The lowest BCUT2D eigenvalue weighted by atomic mass is 10.1. The minimum absolute atomic E-state index is 0.0107. The molecule has 1 unspecified atom stereocenters. The number of hydrogen-bond acceptors (Lipinski definition) is 2. The van der Waals surface area contributed by atoms with E-state index in [4.69, 9.17) is 0 Å². The first kappa shape index (κ1) is 13.2. The van der Waals surface area contributed by atoms with E-state index in [1.165, 1.54) is 0 Å². The molecule has 0 bridgehead atoms. The monoisotopic (exact) mass is 259 g/mol. The predicted octanol–water partition coefficient (Wildman–Crippen LogP) is 3.26. The molecule has 0 spiro atoms. The van der Waals surface area contributed by atoms with Crippen molar-refractivity contribution >= 4 is 0 Å². The van der Waals surface area contributed by atoms with Crippen LogP contribution in [0.1, 0.15) is 30.0 Å². The van der Waals surface area contributed by atoms with Gasteiger partial charge in [-0.2, -0.15) is 13.2 Å². The number of phenols is 1. The van der Waals surface area contributed by atoms with Gasteiger partial charge < -0.3 is 5.11 Å². The Bertz CT molecular complexity index is 431. The van der Waals surface area contributed by atoms with E-state index < -0.39 is 12.6 Å². The van der Waals surface area contributed by atoms with E-state index in [9.17, 15) is 18.3 Å². The van der Waals surface area contributed by atoms with Crippen LogP contribution in [0, 0.1) is 0 Å². The van der Waals surface area contributed by atoms with E-state index in [0.717, 1.165) is 24.0 Å². The highest BCUT2D eigenvalue weighted by Crippen LogP contribution is 2.39. The number of nitrogens with zero attached hydrogens (tertiary/aromatic N) is 1. The Balaban J connectivity index is 2.07. The number of benzene rings is 1. The molecule has 0 amide bonds. The maximum atomic E-state index is 12.2. The maximum Gasteiger partial charge on any atom is 0.390 e. The molecule has 0 aromatic heterocycles. The standard InChI is InChI=1S/C13H16F3NO/c1-17(8-7-13(14,15)16)11-6-5-10-9(11)3-2-4-12(10)18/h2-4,11,18H,5-8H2,1H3. The van der Waals surface area contributed by atoms with Crippen molar-refractivity contribution in [2.75, 3.05) is 13.6 Å². The Kier molecular flexibility index (Phi) is 3.52. The van der Waals surface area contributed by atoms with E-state index in [-0.39, 0.29) is 18.3 Å². The van der Waals surface area contributed by atoms with Crippen molar-refractivity contribution in [2.24, 2.45) is 0 Å². The Hall–Kier alpha value is -1.23. The molecular formula is C13H16F3NO. The molecule has 2 nitrogen and oxygen atoms in total. The van der Waals surface area contributed by atoms with Crippen LogP contribution in [0.2, 0.25) is 0 Å².